The van der Waals surface area contributed by atoms with Crippen LogP contribution in [-0.4, -0.2) is 51.3 Å². The first-order chi connectivity index (χ1) is 20.2. The molecule has 5 aromatic rings. The quantitative estimate of drug-likeness (QED) is 0.0973. The molecule has 3 heterocycles. The second-order valence-electron chi connectivity index (χ2n) is 10.5. The average molecular weight is 581 g/mol. The van der Waals surface area contributed by atoms with Crippen LogP contribution < -0.4 is 10.0 Å². The van der Waals surface area contributed by atoms with Gasteiger partial charge >= 0.3 is 0 Å². The molecular weight excluding hydrogens is 543 g/mol. The van der Waals surface area contributed by atoms with Crippen molar-refractivity contribution in [3.8, 4) is 22.5 Å². The molecule has 4 N–H and O–H groups in total. The maximum atomic E-state index is 14.7. The van der Waals surface area contributed by atoms with Crippen molar-refractivity contribution in [2.24, 2.45) is 0 Å². The van der Waals surface area contributed by atoms with Gasteiger partial charge in [-0.15, -0.1) is 0 Å². The molecule has 0 atom stereocenters. The average Bonchev–Trinajstić information content (AvgIpc) is 3.59. The number of aromatic nitrogens is 4. The molecule has 0 radical (unpaired) electrons. The molecule has 2 aromatic carbocycles. The molecule has 3 aromatic heterocycles. The fourth-order valence-corrected chi connectivity index (χ4v) is 5.42. The summed E-state index contributed by atoms with van der Waals surface area (Å²) < 4.78 is 18.0. The first kappa shape index (κ1) is 29.3. The summed E-state index contributed by atoms with van der Waals surface area (Å²) in [5, 5.41) is 12.1. The van der Waals surface area contributed by atoms with Crippen molar-refractivity contribution >= 4 is 48.6 Å². The zero-order valence-corrected chi connectivity index (χ0v) is 25.2. The Hall–Kier alpha value is -4.24. The lowest BCUT2D eigenvalue weighted by atomic mass is 9.99. The fraction of sp³-hybridized carbons (Fsp3) is 0.176. The van der Waals surface area contributed by atoms with E-state index < -0.39 is 9.39 Å². The van der Waals surface area contributed by atoms with Crippen molar-refractivity contribution in [2.45, 2.75) is 20.4 Å². The molecule has 0 aliphatic heterocycles. The highest BCUT2D eigenvalue weighted by Gasteiger charge is 2.16. The van der Waals surface area contributed by atoms with Gasteiger partial charge in [-0.2, -0.15) is 14.5 Å². The van der Waals surface area contributed by atoms with Crippen LogP contribution >= 0.6 is 9.39 Å². The van der Waals surface area contributed by atoms with E-state index in [9.17, 15) is 4.39 Å². The van der Waals surface area contributed by atoms with Gasteiger partial charge in [-0.25, -0.2) is 9.37 Å². The topological polar surface area (TPSA) is 81.4 Å². The molecule has 8 heteroatoms. The highest BCUT2D eigenvalue weighted by molar-refractivity contribution is 8.25. The van der Waals surface area contributed by atoms with E-state index in [1.165, 1.54) is 0 Å². The van der Waals surface area contributed by atoms with Crippen molar-refractivity contribution < 1.29 is 4.39 Å². The summed E-state index contributed by atoms with van der Waals surface area (Å²) >= 11 is 0. The van der Waals surface area contributed by atoms with Gasteiger partial charge in [0, 0.05) is 24.0 Å². The highest BCUT2D eigenvalue weighted by Crippen LogP contribution is 2.35. The lowest BCUT2D eigenvalue weighted by molar-refractivity contribution is 0.625. The molecular formula is C34H37FN6S. The molecule has 0 aliphatic carbocycles. The number of halogens is 1. The van der Waals surface area contributed by atoms with Crippen molar-refractivity contribution in [1.29, 1.82) is 0 Å². The Kier molecular flexibility index (Phi) is 8.59. The van der Waals surface area contributed by atoms with Crippen LogP contribution in [0.15, 0.2) is 85.0 Å². The standard InChI is InChI=1S/C34H37FN6S/c1-7-22(20-36-9-3)15-24(8-2)29-13-14-31-33(39-29)34(41-40-31)32-19-28-27(11-10-12-30(28)38-32)25-16-23(17-26(35)18-25)21-37-42(4,5)6/h7-8,10-19,36-38H,1,4-5,9,20-21H2,2-3,6H3,(H,40,41)/b22-15+,24-8+. The number of hydrogen-bond donors (Lipinski definition) is 4. The first-order valence-corrected chi connectivity index (χ1v) is 16.2. The summed E-state index contributed by atoms with van der Waals surface area (Å²) in [6, 6.07) is 17.2. The number of aromatic amines is 2. The molecule has 6 nitrogen and oxygen atoms in total. The largest absolute Gasteiger partial charge is 0.353 e. The number of allylic oxidation sites excluding steroid dienone is 3. The van der Waals surface area contributed by atoms with Crippen LogP contribution in [0.25, 0.3) is 50.0 Å². The third-order valence-corrected chi connectivity index (χ3v) is 7.85. The summed E-state index contributed by atoms with van der Waals surface area (Å²) in [7, 11) is -1.42. The van der Waals surface area contributed by atoms with E-state index in [2.05, 4.69) is 68.7 Å². The number of nitrogens with one attached hydrogen (secondary N) is 4. The van der Waals surface area contributed by atoms with E-state index in [0.717, 1.165) is 79.9 Å². The number of fused-ring (bicyclic) bond motifs is 2. The summed E-state index contributed by atoms with van der Waals surface area (Å²) in [6.45, 7) is 10.2. The maximum Gasteiger partial charge on any atom is 0.135 e. The van der Waals surface area contributed by atoms with Gasteiger partial charge in [0.15, 0.2) is 0 Å². The van der Waals surface area contributed by atoms with E-state index in [0.29, 0.717) is 6.54 Å². The number of likely N-dealkylation sites (N-methyl/N-ethyl adjacent to an activating group) is 1. The van der Waals surface area contributed by atoms with Crippen molar-refractivity contribution in [1.82, 2.24) is 30.2 Å². The van der Waals surface area contributed by atoms with E-state index in [4.69, 9.17) is 4.98 Å². The van der Waals surface area contributed by atoms with Crippen LogP contribution in [-0.2, 0) is 6.54 Å². The molecule has 0 fully saturated rings. The third kappa shape index (κ3) is 6.46. The van der Waals surface area contributed by atoms with Gasteiger partial charge in [0.25, 0.3) is 0 Å². The lowest BCUT2D eigenvalue weighted by Gasteiger charge is -2.12. The summed E-state index contributed by atoms with van der Waals surface area (Å²) in [5.41, 5.74) is 9.63. The molecule has 0 aliphatic rings. The number of hydrogen-bond acceptors (Lipinski definition) is 4. The van der Waals surface area contributed by atoms with Gasteiger partial charge in [0.2, 0.25) is 0 Å². The Morgan fingerprint density at radius 1 is 1.10 bits per heavy atom. The number of benzene rings is 2. The SMILES string of the molecule is C=C/C(=C\C(=C/C)c1ccc2[nH]nc(-c3cc4c(-c5cc(F)cc(CNS(=C)(=C)C)c5)cccc4[nH]3)c2n1)CNCC. The van der Waals surface area contributed by atoms with Crippen LogP contribution in [0.5, 0.6) is 0 Å². The number of pyridine rings is 1. The zero-order valence-electron chi connectivity index (χ0n) is 24.4. The van der Waals surface area contributed by atoms with Gasteiger partial charge in [-0.05, 0) is 96.1 Å². The Bertz CT molecular complexity index is 1940. The molecule has 5 rings (SSSR count). The van der Waals surface area contributed by atoms with Gasteiger partial charge in [0.1, 0.15) is 17.0 Å². The Morgan fingerprint density at radius 3 is 2.67 bits per heavy atom. The van der Waals surface area contributed by atoms with Crippen molar-refractivity contribution in [3.63, 3.8) is 0 Å². The van der Waals surface area contributed by atoms with E-state index in [-0.39, 0.29) is 5.82 Å². The second kappa shape index (κ2) is 12.3. The predicted molar refractivity (Wildman–Crippen MR) is 182 cm³/mol. The molecule has 0 spiro atoms. The molecule has 0 bridgehead atoms. The first-order valence-electron chi connectivity index (χ1n) is 13.9. The van der Waals surface area contributed by atoms with Crippen LogP contribution in [0, 0.1) is 5.82 Å². The number of nitrogens with zero attached hydrogens (tertiary/aromatic N) is 2. The minimum Gasteiger partial charge on any atom is -0.353 e. The van der Waals surface area contributed by atoms with Crippen molar-refractivity contribution in [3.05, 3.63) is 102 Å². The summed E-state index contributed by atoms with van der Waals surface area (Å²) in [6.07, 6.45) is 7.99. The molecule has 216 valence electrons. The van der Waals surface area contributed by atoms with Crippen LogP contribution in [0.1, 0.15) is 25.1 Å². The smallest absolute Gasteiger partial charge is 0.135 e. The van der Waals surface area contributed by atoms with Gasteiger partial charge in [0.05, 0.1) is 16.9 Å². The van der Waals surface area contributed by atoms with Gasteiger partial charge in [-0.1, -0.05) is 49.5 Å². The Balaban J connectivity index is 1.55. The molecule has 0 amide bonds. The zero-order chi connectivity index (χ0) is 29.9. The molecule has 42 heavy (non-hydrogen) atoms. The number of H-pyrrole nitrogens is 2. The van der Waals surface area contributed by atoms with E-state index in [1.54, 1.807) is 12.1 Å². The van der Waals surface area contributed by atoms with Gasteiger partial charge in [-0.3, -0.25) is 9.82 Å². The second-order valence-corrected chi connectivity index (χ2v) is 13.3. The van der Waals surface area contributed by atoms with Crippen LogP contribution in [0.2, 0.25) is 0 Å². The normalized spacial score (nSPS) is 12.9. The van der Waals surface area contributed by atoms with E-state index in [1.807, 2.05) is 55.7 Å². The number of rotatable bonds is 11. The highest BCUT2D eigenvalue weighted by atomic mass is 32.2. The van der Waals surface area contributed by atoms with Crippen LogP contribution in [0.4, 0.5) is 4.39 Å². The van der Waals surface area contributed by atoms with E-state index >= 15 is 0 Å². The Labute approximate surface area is 247 Å². The van der Waals surface area contributed by atoms with Crippen LogP contribution in [0.3, 0.4) is 0 Å². The third-order valence-electron chi connectivity index (χ3n) is 7.01. The summed E-state index contributed by atoms with van der Waals surface area (Å²) in [5.74, 6) is 7.84. The summed E-state index contributed by atoms with van der Waals surface area (Å²) in [4.78, 5) is 8.53. The monoisotopic (exact) mass is 580 g/mol. The maximum absolute atomic E-state index is 14.7. The Morgan fingerprint density at radius 2 is 1.93 bits per heavy atom. The molecule has 0 saturated carbocycles. The minimum absolute atomic E-state index is 0.282. The minimum atomic E-state index is -1.42. The predicted octanol–water partition coefficient (Wildman–Crippen LogP) is 7.34. The van der Waals surface area contributed by atoms with Crippen molar-refractivity contribution in [2.75, 3.05) is 19.3 Å². The molecule has 0 unspecified atom stereocenters. The molecule has 0 saturated heterocycles. The lowest BCUT2D eigenvalue weighted by Crippen LogP contribution is -2.15. The van der Waals surface area contributed by atoms with Gasteiger partial charge < -0.3 is 10.3 Å². The fourth-order valence-electron chi connectivity index (χ4n) is 4.90.